The lowest BCUT2D eigenvalue weighted by Crippen LogP contribution is -2.56. The largest absolute Gasteiger partial charge is 0.479 e. The minimum absolute atomic E-state index is 0.228. The molecule has 0 spiro atoms. The van der Waals surface area contributed by atoms with E-state index >= 15 is 0 Å². The molecule has 9 heteroatoms. The fourth-order valence-corrected chi connectivity index (χ4v) is 3.86. The second-order valence-electron chi connectivity index (χ2n) is 7.86. The van der Waals surface area contributed by atoms with Gasteiger partial charge in [0.05, 0.1) is 0 Å². The Balaban J connectivity index is 1.41. The lowest BCUT2D eigenvalue weighted by molar-refractivity contribution is -0.138. The molecule has 2 aliphatic heterocycles. The molecule has 0 bridgehead atoms. The van der Waals surface area contributed by atoms with Gasteiger partial charge in [0, 0.05) is 38.3 Å². The molecule has 2 amide bonds. The van der Waals surface area contributed by atoms with Crippen LogP contribution in [0.15, 0.2) is 54.6 Å². The normalized spacial score (nSPS) is 21.0. The smallest absolute Gasteiger partial charge is 0.336 e. The summed E-state index contributed by atoms with van der Waals surface area (Å²) in [4.78, 5) is 40.5. The number of piperazine rings is 1. The predicted molar refractivity (Wildman–Crippen MR) is 114 cm³/mol. The van der Waals surface area contributed by atoms with Gasteiger partial charge < -0.3 is 25.0 Å². The maximum atomic E-state index is 13.3. The molecule has 2 N–H and O–H groups in total. The van der Waals surface area contributed by atoms with Crippen molar-refractivity contribution in [3.63, 3.8) is 0 Å². The van der Waals surface area contributed by atoms with Gasteiger partial charge in [0.15, 0.2) is 12.2 Å². The maximum absolute atomic E-state index is 13.3. The number of aliphatic carboxylic acids is 1. The van der Waals surface area contributed by atoms with Crippen LogP contribution in [-0.2, 0) is 25.5 Å². The predicted octanol–water partition coefficient (Wildman–Crippen LogP) is 1.05. The molecule has 2 aromatic carbocycles. The number of nitrogens with zero attached hydrogens (tertiary/aromatic N) is 2. The molecule has 32 heavy (non-hydrogen) atoms. The minimum atomic E-state index is -1.20. The molecular formula is C23H24FN3O5. The molecule has 0 saturated carbocycles. The summed E-state index contributed by atoms with van der Waals surface area (Å²) in [6.07, 6.45) is -1.95. The number of carboxylic acid groups (broad SMARTS) is 1. The molecule has 2 aliphatic rings. The number of carboxylic acids is 1. The highest BCUT2D eigenvalue weighted by atomic mass is 19.1. The Morgan fingerprint density at radius 1 is 1.00 bits per heavy atom. The lowest BCUT2D eigenvalue weighted by atomic mass is 10.0. The molecule has 0 aliphatic carbocycles. The van der Waals surface area contributed by atoms with Crippen molar-refractivity contribution in [3.8, 4) is 0 Å². The molecule has 4 rings (SSSR count). The third kappa shape index (κ3) is 5.05. The van der Waals surface area contributed by atoms with Gasteiger partial charge in [-0.05, 0) is 29.8 Å². The zero-order valence-electron chi connectivity index (χ0n) is 17.3. The molecule has 2 fully saturated rings. The molecule has 0 unspecified atom stereocenters. The highest BCUT2D eigenvalue weighted by Crippen LogP contribution is 2.23. The third-order valence-electron chi connectivity index (χ3n) is 5.67. The Morgan fingerprint density at radius 2 is 1.66 bits per heavy atom. The standard InChI is InChI=1S/C23H24FN3O5/c24-16-6-8-17(9-7-16)26-10-12-27(13-11-26)22(29)18(14-15-4-2-1-3-5-15)25-21(28)19-20(32-19)23(30)31/h1-9,18-20H,10-14H2,(H,25,28)(H,30,31)/t18-,19-,20-/m0/s1. The molecule has 3 atom stereocenters. The SMILES string of the molecule is O=C(O)[C@H]1O[C@@H]1C(=O)N[C@@H](Cc1ccccc1)C(=O)N1CCN(c2ccc(F)cc2)CC1. The maximum Gasteiger partial charge on any atom is 0.336 e. The number of epoxide rings is 1. The van der Waals surface area contributed by atoms with Crippen molar-refractivity contribution in [2.45, 2.75) is 24.7 Å². The number of nitrogens with one attached hydrogen (secondary N) is 1. The number of carbonyl (C=O) groups excluding carboxylic acids is 2. The lowest BCUT2D eigenvalue weighted by Gasteiger charge is -2.37. The van der Waals surface area contributed by atoms with E-state index in [1.165, 1.54) is 12.1 Å². The molecule has 0 aromatic heterocycles. The molecule has 2 aromatic rings. The van der Waals surface area contributed by atoms with Gasteiger partial charge in [0.25, 0.3) is 5.91 Å². The van der Waals surface area contributed by atoms with Crippen molar-refractivity contribution in [1.29, 1.82) is 0 Å². The number of hydrogen-bond acceptors (Lipinski definition) is 5. The van der Waals surface area contributed by atoms with Gasteiger partial charge in [0.2, 0.25) is 5.91 Å². The van der Waals surface area contributed by atoms with Crippen molar-refractivity contribution >= 4 is 23.5 Å². The van der Waals surface area contributed by atoms with E-state index in [2.05, 4.69) is 10.2 Å². The first-order valence-electron chi connectivity index (χ1n) is 10.4. The topological polar surface area (TPSA) is 102 Å². The summed E-state index contributed by atoms with van der Waals surface area (Å²) in [6.45, 7) is 2.07. The highest BCUT2D eigenvalue weighted by Gasteiger charge is 2.51. The monoisotopic (exact) mass is 441 g/mol. The van der Waals surface area contributed by atoms with E-state index in [1.54, 1.807) is 17.0 Å². The fourth-order valence-electron chi connectivity index (χ4n) is 3.86. The van der Waals surface area contributed by atoms with Crippen molar-refractivity contribution in [3.05, 3.63) is 66.0 Å². The number of rotatable bonds is 7. The van der Waals surface area contributed by atoms with Crippen LogP contribution in [0.25, 0.3) is 0 Å². The van der Waals surface area contributed by atoms with Gasteiger partial charge in [0.1, 0.15) is 11.9 Å². The first kappa shape index (κ1) is 21.8. The van der Waals surface area contributed by atoms with Crippen LogP contribution in [0.5, 0.6) is 0 Å². The molecule has 0 radical (unpaired) electrons. The van der Waals surface area contributed by atoms with Crippen molar-refractivity contribution in [1.82, 2.24) is 10.2 Å². The average Bonchev–Trinajstić information content (AvgIpc) is 3.61. The van der Waals surface area contributed by atoms with Gasteiger partial charge in [-0.15, -0.1) is 0 Å². The second-order valence-corrected chi connectivity index (χ2v) is 7.86. The van der Waals surface area contributed by atoms with Crippen LogP contribution in [0.1, 0.15) is 5.56 Å². The zero-order chi connectivity index (χ0) is 22.7. The molecule has 2 heterocycles. The first-order chi connectivity index (χ1) is 15.4. The van der Waals surface area contributed by atoms with Crippen LogP contribution >= 0.6 is 0 Å². The van der Waals surface area contributed by atoms with E-state index < -0.39 is 30.1 Å². The van der Waals surface area contributed by atoms with E-state index in [0.29, 0.717) is 26.2 Å². The summed E-state index contributed by atoms with van der Waals surface area (Å²) < 4.78 is 18.1. The van der Waals surface area contributed by atoms with Crippen LogP contribution in [-0.4, -0.2) is 72.2 Å². The van der Waals surface area contributed by atoms with Crippen LogP contribution in [0.4, 0.5) is 10.1 Å². The van der Waals surface area contributed by atoms with Gasteiger partial charge >= 0.3 is 5.97 Å². The van der Waals surface area contributed by atoms with Crippen LogP contribution in [0, 0.1) is 5.82 Å². The van der Waals surface area contributed by atoms with Crippen LogP contribution in [0.3, 0.4) is 0 Å². The molecular weight excluding hydrogens is 417 g/mol. The molecule has 8 nitrogen and oxygen atoms in total. The number of ether oxygens (including phenoxy) is 1. The summed E-state index contributed by atoms with van der Waals surface area (Å²) in [5.74, 6) is -2.33. The van der Waals surface area contributed by atoms with E-state index in [9.17, 15) is 18.8 Å². The number of anilines is 1. The fraction of sp³-hybridized carbons (Fsp3) is 0.348. The van der Waals surface area contributed by atoms with Gasteiger partial charge in [-0.3, -0.25) is 9.59 Å². The summed E-state index contributed by atoms with van der Waals surface area (Å²) in [7, 11) is 0. The van der Waals surface area contributed by atoms with Crippen molar-refractivity contribution < 1.29 is 28.6 Å². The summed E-state index contributed by atoms with van der Waals surface area (Å²) in [5.41, 5.74) is 1.76. The van der Waals surface area contributed by atoms with Crippen LogP contribution < -0.4 is 10.2 Å². The Hall–Kier alpha value is -3.46. The van der Waals surface area contributed by atoms with Gasteiger partial charge in [-0.1, -0.05) is 30.3 Å². The number of halogens is 1. The van der Waals surface area contributed by atoms with E-state index in [4.69, 9.17) is 9.84 Å². The van der Waals surface area contributed by atoms with Crippen LogP contribution in [0.2, 0.25) is 0 Å². The second kappa shape index (κ2) is 9.35. The summed E-state index contributed by atoms with van der Waals surface area (Å²) in [6, 6.07) is 14.7. The van der Waals surface area contributed by atoms with Gasteiger partial charge in [-0.25, -0.2) is 9.18 Å². The first-order valence-corrected chi connectivity index (χ1v) is 10.4. The Morgan fingerprint density at radius 3 is 2.25 bits per heavy atom. The quantitative estimate of drug-likeness (QED) is 0.623. The van der Waals surface area contributed by atoms with E-state index in [1.807, 2.05) is 30.3 Å². The van der Waals surface area contributed by atoms with Gasteiger partial charge in [-0.2, -0.15) is 0 Å². The number of benzene rings is 2. The highest BCUT2D eigenvalue weighted by molar-refractivity contribution is 5.95. The van der Waals surface area contributed by atoms with Crippen molar-refractivity contribution in [2.24, 2.45) is 0 Å². The minimum Gasteiger partial charge on any atom is -0.479 e. The Kier molecular flexibility index (Phi) is 6.36. The zero-order valence-corrected chi connectivity index (χ0v) is 17.3. The number of amides is 2. The Labute approximate surface area is 184 Å². The molecule has 2 saturated heterocycles. The average molecular weight is 441 g/mol. The third-order valence-corrected chi connectivity index (χ3v) is 5.67. The summed E-state index contributed by atoms with van der Waals surface area (Å²) in [5, 5.41) is 11.7. The Bertz CT molecular complexity index is 977. The number of hydrogen-bond donors (Lipinski definition) is 2. The van der Waals surface area contributed by atoms with E-state index in [0.717, 1.165) is 11.3 Å². The van der Waals surface area contributed by atoms with Crippen molar-refractivity contribution in [2.75, 3.05) is 31.1 Å². The summed E-state index contributed by atoms with van der Waals surface area (Å²) >= 11 is 0. The van der Waals surface area contributed by atoms with E-state index in [-0.39, 0.29) is 18.1 Å². The number of carbonyl (C=O) groups is 3. The molecule has 168 valence electrons.